The Labute approximate surface area is 134 Å². The van der Waals surface area contributed by atoms with E-state index in [1.807, 2.05) is 12.1 Å². The number of nitrogens with two attached hydrogens (primary N) is 1. The van der Waals surface area contributed by atoms with Crippen molar-refractivity contribution in [2.45, 2.75) is 19.3 Å². The van der Waals surface area contributed by atoms with Crippen molar-refractivity contribution in [1.82, 2.24) is 15.2 Å². The molecule has 0 amide bonds. The molecule has 23 heavy (non-hydrogen) atoms. The van der Waals surface area contributed by atoms with Crippen LogP contribution in [0.1, 0.15) is 30.1 Å². The minimum Gasteiger partial charge on any atom is -0.508 e. The molecule has 0 unspecified atom stereocenters. The molecule has 0 saturated carbocycles. The molecule has 1 aromatic heterocycles. The number of phenols is 1. The number of aliphatic hydroxyl groups is 1. The average molecular weight is 315 g/mol. The van der Waals surface area contributed by atoms with Crippen molar-refractivity contribution in [3.05, 3.63) is 47.6 Å². The first-order valence-electron chi connectivity index (χ1n) is 7.45. The van der Waals surface area contributed by atoms with Crippen LogP contribution in [0.25, 0.3) is 6.08 Å². The van der Waals surface area contributed by atoms with Gasteiger partial charge in [0.15, 0.2) is 5.82 Å². The van der Waals surface area contributed by atoms with Crippen molar-refractivity contribution in [3.8, 4) is 5.75 Å². The van der Waals surface area contributed by atoms with E-state index in [1.54, 1.807) is 24.3 Å². The third-order valence-electron chi connectivity index (χ3n) is 3.12. The van der Waals surface area contributed by atoms with Crippen LogP contribution in [0.15, 0.2) is 35.3 Å². The first-order chi connectivity index (χ1) is 11.2. The summed E-state index contributed by atoms with van der Waals surface area (Å²) in [7, 11) is 0. The molecule has 7 heteroatoms. The molecule has 5 N–H and O–H groups in total. The number of aromatic nitrogens is 3. The van der Waals surface area contributed by atoms with Gasteiger partial charge in [0.1, 0.15) is 17.4 Å². The number of H-pyrrole nitrogens is 1. The second kappa shape index (κ2) is 8.70. The van der Waals surface area contributed by atoms with E-state index in [4.69, 9.17) is 10.8 Å². The molecular formula is C16H21N5O2. The molecule has 122 valence electrons. The molecule has 0 saturated heterocycles. The molecule has 2 aromatic rings. The van der Waals surface area contributed by atoms with Crippen molar-refractivity contribution in [2.75, 3.05) is 13.2 Å². The number of hydrogen-bond donors (Lipinski definition) is 4. The van der Waals surface area contributed by atoms with Gasteiger partial charge in [0.05, 0.1) is 0 Å². The summed E-state index contributed by atoms with van der Waals surface area (Å²) in [6, 6.07) is 6.95. The molecule has 0 fully saturated rings. The number of benzene rings is 1. The smallest absolute Gasteiger partial charge is 0.174 e. The van der Waals surface area contributed by atoms with Crippen LogP contribution in [0.2, 0.25) is 0 Å². The molecule has 7 nitrogen and oxygen atoms in total. The van der Waals surface area contributed by atoms with Crippen molar-refractivity contribution in [1.29, 1.82) is 0 Å². The van der Waals surface area contributed by atoms with Crippen molar-refractivity contribution < 1.29 is 10.2 Å². The van der Waals surface area contributed by atoms with E-state index in [9.17, 15) is 5.11 Å². The van der Waals surface area contributed by atoms with Gasteiger partial charge in [0.2, 0.25) is 0 Å². The largest absolute Gasteiger partial charge is 0.508 e. The van der Waals surface area contributed by atoms with Crippen molar-refractivity contribution in [2.24, 2.45) is 10.7 Å². The number of unbranched alkanes of at least 4 members (excludes halogenated alkanes) is 1. The predicted octanol–water partition coefficient (Wildman–Crippen LogP) is 1.24. The lowest BCUT2D eigenvalue weighted by Gasteiger charge is -1.97. The van der Waals surface area contributed by atoms with Crippen LogP contribution in [-0.4, -0.2) is 44.4 Å². The Morgan fingerprint density at radius 3 is 2.78 bits per heavy atom. The van der Waals surface area contributed by atoms with Gasteiger partial charge in [-0.1, -0.05) is 12.1 Å². The standard InChI is InChI=1S/C16H21N5O2/c17-14(18-9-1-2-10-22)7-8-15-19-16(21-20-15)11-12-3-5-13(23)6-4-12/h3-8,22-23H,1-2,9-11H2,(H2,17,18)(H,19,20,21)/b8-7-. The topological polar surface area (TPSA) is 120 Å². The number of hydrogen-bond acceptors (Lipinski definition) is 5. The Morgan fingerprint density at radius 2 is 2.04 bits per heavy atom. The fourth-order valence-electron chi connectivity index (χ4n) is 1.92. The number of phenolic OH excluding ortho intramolecular Hbond substituents is 1. The van der Waals surface area contributed by atoms with Crippen LogP contribution in [0.3, 0.4) is 0 Å². The number of aromatic hydroxyl groups is 1. The maximum atomic E-state index is 9.26. The van der Waals surface area contributed by atoms with Gasteiger partial charge in [0, 0.05) is 19.6 Å². The summed E-state index contributed by atoms with van der Waals surface area (Å²) in [6.07, 6.45) is 5.49. The van der Waals surface area contributed by atoms with Crippen molar-refractivity contribution in [3.63, 3.8) is 0 Å². The second-order valence-corrected chi connectivity index (χ2v) is 5.05. The second-order valence-electron chi connectivity index (χ2n) is 5.05. The molecule has 0 aliphatic heterocycles. The van der Waals surface area contributed by atoms with Crippen LogP contribution in [0.4, 0.5) is 0 Å². The van der Waals surface area contributed by atoms with Gasteiger partial charge >= 0.3 is 0 Å². The lowest BCUT2D eigenvalue weighted by atomic mass is 10.1. The molecule has 0 aliphatic carbocycles. The Morgan fingerprint density at radius 1 is 1.26 bits per heavy atom. The first-order valence-corrected chi connectivity index (χ1v) is 7.45. The molecule has 1 aromatic carbocycles. The van der Waals surface area contributed by atoms with Gasteiger partial charge in [0.25, 0.3) is 0 Å². The monoisotopic (exact) mass is 315 g/mol. The fraction of sp³-hybridized carbons (Fsp3) is 0.312. The van der Waals surface area contributed by atoms with E-state index in [2.05, 4.69) is 20.2 Å². The molecule has 2 rings (SSSR count). The SMILES string of the molecule is NC(/C=C\c1n[nH]c(Cc2ccc(O)cc2)n1)=NCCCCO. The summed E-state index contributed by atoms with van der Waals surface area (Å²) in [6.45, 7) is 0.767. The highest BCUT2D eigenvalue weighted by atomic mass is 16.3. The predicted molar refractivity (Wildman–Crippen MR) is 89.1 cm³/mol. The summed E-state index contributed by atoms with van der Waals surface area (Å²) >= 11 is 0. The normalized spacial score (nSPS) is 12.1. The Kier molecular flexibility index (Phi) is 6.31. The third kappa shape index (κ3) is 5.91. The molecule has 1 heterocycles. The van der Waals surface area contributed by atoms with Gasteiger partial charge in [-0.25, -0.2) is 4.98 Å². The quantitative estimate of drug-likeness (QED) is 0.332. The Hall–Kier alpha value is -2.67. The summed E-state index contributed by atoms with van der Waals surface area (Å²) in [5.74, 6) is 1.91. The van der Waals surface area contributed by atoms with E-state index in [-0.39, 0.29) is 12.4 Å². The zero-order valence-electron chi connectivity index (χ0n) is 12.8. The maximum absolute atomic E-state index is 9.26. The number of nitrogens with zero attached hydrogens (tertiary/aromatic N) is 3. The number of aliphatic hydroxyl groups excluding tert-OH is 1. The summed E-state index contributed by atoms with van der Waals surface area (Å²) in [5.41, 5.74) is 6.79. The minimum absolute atomic E-state index is 0.173. The van der Waals surface area contributed by atoms with Crippen LogP contribution < -0.4 is 5.73 Å². The minimum atomic E-state index is 0.173. The van der Waals surface area contributed by atoms with E-state index in [1.165, 1.54) is 0 Å². The van der Waals surface area contributed by atoms with Crippen LogP contribution >= 0.6 is 0 Å². The first kappa shape index (κ1) is 16.7. The average Bonchev–Trinajstić information content (AvgIpc) is 2.99. The maximum Gasteiger partial charge on any atom is 0.174 e. The highest BCUT2D eigenvalue weighted by molar-refractivity contribution is 5.94. The molecule has 0 radical (unpaired) electrons. The lowest BCUT2D eigenvalue weighted by Crippen LogP contribution is -2.08. The van der Waals surface area contributed by atoms with Crippen LogP contribution in [-0.2, 0) is 6.42 Å². The molecular weight excluding hydrogens is 294 g/mol. The van der Waals surface area contributed by atoms with E-state index < -0.39 is 0 Å². The van der Waals surface area contributed by atoms with E-state index in [0.717, 1.165) is 24.2 Å². The highest BCUT2D eigenvalue weighted by Crippen LogP contribution is 2.12. The third-order valence-corrected chi connectivity index (χ3v) is 3.12. The van der Waals surface area contributed by atoms with Gasteiger partial charge < -0.3 is 15.9 Å². The highest BCUT2D eigenvalue weighted by Gasteiger charge is 2.02. The zero-order valence-corrected chi connectivity index (χ0v) is 12.8. The van der Waals surface area contributed by atoms with E-state index in [0.29, 0.717) is 24.6 Å². The van der Waals surface area contributed by atoms with E-state index >= 15 is 0 Å². The van der Waals surface area contributed by atoms with Gasteiger partial charge in [-0.15, -0.1) is 0 Å². The van der Waals surface area contributed by atoms with Gasteiger partial charge in [-0.2, -0.15) is 5.10 Å². The summed E-state index contributed by atoms with van der Waals surface area (Å²) < 4.78 is 0. The van der Waals surface area contributed by atoms with Gasteiger partial charge in [-0.3, -0.25) is 10.1 Å². The Bertz CT molecular complexity index is 661. The molecule has 0 aliphatic rings. The molecule has 0 spiro atoms. The number of nitrogens with one attached hydrogen (secondary N) is 1. The lowest BCUT2D eigenvalue weighted by molar-refractivity contribution is 0.285. The zero-order chi connectivity index (χ0) is 16.5. The molecule has 0 atom stereocenters. The number of aliphatic imine (C=N–C) groups is 1. The van der Waals surface area contributed by atoms with Crippen molar-refractivity contribution >= 4 is 11.9 Å². The van der Waals surface area contributed by atoms with Crippen LogP contribution in [0, 0.1) is 0 Å². The number of aromatic amines is 1. The number of rotatable bonds is 8. The fourth-order valence-corrected chi connectivity index (χ4v) is 1.92. The Balaban J connectivity index is 1.88. The number of amidine groups is 1. The van der Waals surface area contributed by atoms with Crippen LogP contribution in [0.5, 0.6) is 5.75 Å². The van der Waals surface area contributed by atoms with Gasteiger partial charge in [-0.05, 0) is 42.7 Å². The summed E-state index contributed by atoms with van der Waals surface area (Å²) in [5, 5.41) is 24.9. The molecule has 0 bridgehead atoms. The summed E-state index contributed by atoms with van der Waals surface area (Å²) in [4.78, 5) is 8.52.